The van der Waals surface area contributed by atoms with Crippen LogP contribution in [0.3, 0.4) is 0 Å². The van der Waals surface area contributed by atoms with Crippen molar-refractivity contribution in [2.45, 2.75) is 129 Å². The van der Waals surface area contributed by atoms with E-state index in [9.17, 15) is 81.5 Å². The molecule has 26 nitrogen and oxygen atoms in total. The van der Waals surface area contributed by atoms with Crippen molar-refractivity contribution in [3.8, 4) is 23.0 Å². The van der Waals surface area contributed by atoms with Gasteiger partial charge in [0.2, 0.25) is 19.7 Å². The topological polar surface area (TPSA) is 342 Å². The molecule has 0 saturated carbocycles. The number of benzene rings is 4. The molecule has 6 amide bonds. The van der Waals surface area contributed by atoms with Crippen LogP contribution in [0.4, 0.5) is 55.1 Å². The molecule has 0 radical (unpaired) electrons. The van der Waals surface area contributed by atoms with E-state index in [1.165, 1.54) is 104 Å². The first-order valence-electron chi connectivity index (χ1n) is 29.0. The summed E-state index contributed by atoms with van der Waals surface area (Å²) >= 11 is 0. The van der Waals surface area contributed by atoms with Crippen molar-refractivity contribution in [2.75, 3.05) is 60.7 Å². The van der Waals surface area contributed by atoms with E-state index in [4.69, 9.17) is 28.4 Å². The maximum atomic E-state index is 13.4. The molecule has 0 saturated heterocycles. The molecule has 0 fully saturated rings. The van der Waals surface area contributed by atoms with E-state index in [0.29, 0.717) is 12.8 Å². The molecular formula is C60H74F6N6O20S2. The fourth-order valence-electron chi connectivity index (χ4n) is 8.71. The summed E-state index contributed by atoms with van der Waals surface area (Å²) in [5.74, 6) is -1.70. The zero-order chi connectivity index (χ0) is 69.9. The van der Waals surface area contributed by atoms with Gasteiger partial charge in [-0.05, 0) is 160 Å². The van der Waals surface area contributed by atoms with Crippen molar-refractivity contribution >= 4 is 68.2 Å². The highest BCUT2D eigenvalue weighted by atomic mass is 32.2. The summed E-state index contributed by atoms with van der Waals surface area (Å²) in [5, 5.41) is 12.5. The first kappa shape index (κ1) is 77.4. The smallest absolute Gasteiger partial charge is 0.413 e. The van der Waals surface area contributed by atoms with Crippen molar-refractivity contribution in [2.24, 2.45) is 11.3 Å². The molecule has 34 heteroatoms. The largest absolute Gasteiger partial charge is 0.467 e. The second-order valence-electron chi connectivity index (χ2n) is 21.7. The third-order valence-electron chi connectivity index (χ3n) is 13.5. The second kappa shape index (κ2) is 36.4. The maximum absolute atomic E-state index is 13.4. The van der Waals surface area contributed by atoms with E-state index in [1.807, 2.05) is 20.8 Å². The number of nitrogens with one attached hydrogen (secondary N) is 5. The Bertz CT molecular complexity index is 3400. The second-order valence-corrected chi connectivity index (χ2v) is 25.6. The molecule has 0 aliphatic rings. The Morgan fingerprint density at radius 1 is 0.479 bits per heavy atom. The number of amides is 6. The number of unbranched alkanes of at least 4 members (excludes halogenated alkanes) is 2. The zero-order valence-corrected chi connectivity index (χ0v) is 53.6. The van der Waals surface area contributed by atoms with E-state index < -0.39 is 119 Å². The molecule has 518 valence electrons. The molecule has 3 unspecified atom stereocenters. The minimum atomic E-state index is -4.54. The van der Waals surface area contributed by atoms with Gasteiger partial charge >= 0.3 is 60.9 Å². The Hall–Kier alpha value is -9.08. The molecule has 4 aromatic rings. The van der Waals surface area contributed by atoms with Crippen LogP contribution < -0.4 is 45.5 Å². The van der Waals surface area contributed by atoms with Gasteiger partial charge in [0.05, 0.1) is 46.6 Å². The molecule has 0 bridgehead atoms. The van der Waals surface area contributed by atoms with E-state index in [2.05, 4.69) is 36.1 Å². The van der Waals surface area contributed by atoms with E-state index >= 15 is 0 Å². The van der Waals surface area contributed by atoms with Gasteiger partial charge in [-0.15, -0.1) is 0 Å². The standard InChI is InChI=1S/C60H74F6N6O20S2/c1-39(38-70-55(78)91-42-17-25-46(26-18-42)93(81,82)44-21-13-40(14-22-44)89-53(76)68-33-10-8-12-49(51(74)86-6)72(4)57(80)88-36-31-60(64,65)66)37-58(2,3)29-34-69-54(77)90-41-15-23-45(24-16-41)94(83,84)47-27-19-43(20-28-47)92-56(79)71-48(50(73)85-5)11-7-9-32-67-52(75)87-35-30-59(61,62)63/h13-28,39,48-49H,7-12,29-38H2,1-6H3,(H,67,75)(H,68,76)(H,69,77)(H,70,78)(H,71,79). The molecule has 4 rings (SSSR count). The summed E-state index contributed by atoms with van der Waals surface area (Å²) in [6, 6.07) is 17.5. The van der Waals surface area contributed by atoms with Gasteiger partial charge in [0.1, 0.15) is 48.3 Å². The molecule has 4 aromatic carbocycles. The Morgan fingerprint density at radius 3 is 1.27 bits per heavy atom. The van der Waals surface area contributed by atoms with Crippen LogP contribution in [0.25, 0.3) is 0 Å². The molecule has 0 aliphatic heterocycles. The van der Waals surface area contributed by atoms with Crippen LogP contribution in [0.1, 0.15) is 85.0 Å². The molecule has 0 aromatic heterocycles. The summed E-state index contributed by atoms with van der Waals surface area (Å²) in [5.41, 5.74) is -0.345. The quantitative estimate of drug-likeness (QED) is 0.0128. The van der Waals surface area contributed by atoms with Crippen LogP contribution in [0.15, 0.2) is 117 Å². The Labute approximate surface area is 538 Å². The number of sulfone groups is 2. The third kappa shape index (κ3) is 27.6. The van der Waals surface area contributed by atoms with Gasteiger partial charge in [-0.1, -0.05) is 20.8 Å². The van der Waals surface area contributed by atoms with Crippen LogP contribution in [-0.2, 0) is 48.2 Å². The minimum Gasteiger partial charge on any atom is -0.467 e. The third-order valence-corrected chi connectivity index (χ3v) is 17.1. The lowest BCUT2D eigenvalue weighted by atomic mass is 9.80. The summed E-state index contributed by atoms with van der Waals surface area (Å²) in [6.07, 6.45) is -15.2. The number of nitrogens with zero attached hydrogens (tertiary/aromatic N) is 1. The van der Waals surface area contributed by atoms with Gasteiger partial charge in [0.25, 0.3) is 0 Å². The van der Waals surface area contributed by atoms with Gasteiger partial charge in [0, 0.05) is 33.2 Å². The number of alkyl halides is 6. The average molecular weight is 1380 g/mol. The molecule has 3 atom stereocenters. The Balaban J connectivity index is 1.13. The van der Waals surface area contributed by atoms with Gasteiger partial charge in [-0.2, -0.15) is 26.3 Å². The highest BCUT2D eigenvalue weighted by Crippen LogP contribution is 2.31. The number of rotatable bonds is 33. The Morgan fingerprint density at radius 2 is 0.851 bits per heavy atom. The van der Waals surface area contributed by atoms with Crippen molar-refractivity contribution in [3.05, 3.63) is 97.1 Å². The van der Waals surface area contributed by atoms with E-state index in [-0.39, 0.29) is 119 Å². The fraction of sp³-hybridized carbons (Fsp3) is 0.467. The minimum absolute atomic E-state index is 0.00405. The average Bonchev–Trinajstić information content (AvgIpc) is 0.834. The van der Waals surface area contributed by atoms with Crippen LogP contribution in [0.5, 0.6) is 23.0 Å². The predicted octanol–water partition coefficient (Wildman–Crippen LogP) is 9.97. The normalized spacial score (nSPS) is 12.7. The van der Waals surface area contributed by atoms with Crippen LogP contribution in [0.2, 0.25) is 0 Å². The number of ether oxygens (including phenoxy) is 8. The van der Waals surface area contributed by atoms with Crippen LogP contribution in [-0.4, -0.2) is 155 Å². The summed E-state index contributed by atoms with van der Waals surface area (Å²) in [6.45, 7) is 4.52. The summed E-state index contributed by atoms with van der Waals surface area (Å²) in [4.78, 5) is 99.1. The number of esters is 2. The van der Waals surface area contributed by atoms with E-state index in [1.54, 1.807) is 0 Å². The first-order valence-corrected chi connectivity index (χ1v) is 31.9. The lowest BCUT2D eigenvalue weighted by Crippen LogP contribution is -2.43. The van der Waals surface area contributed by atoms with Crippen molar-refractivity contribution in [1.29, 1.82) is 0 Å². The SMILES string of the molecule is COC(=O)C(CCCCNC(=O)OCCC(F)(F)F)NC(=O)Oc1ccc(S(=O)(=O)c2ccc(OC(=O)NCCC(C)(C)CC(C)CNC(=O)Oc3ccc(S(=O)(=O)c4ccc(OC(=O)NCCCCC(C(=O)OC)N(C)C(=O)OCCC(F)(F)F)cc4)cc3)cc2)cc1. The molecule has 0 heterocycles. The fourth-order valence-corrected chi connectivity index (χ4v) is 11.2. The highest BCUT2D eigenvalue weighted by Gasteiger charge is 2.32. The lowest BCUT2D eigenvalue weighted by molar-refractivity contribution is -0.148. The molecule has 5 N–H and O–H groups in total. The van der Waals surface area contributed by atoms with Crippen molar-refractivity contribution < 1.29 is 119 Å². The molecule has 0 spiro atoms. The van der Waals surface area contributed by atoms with Gasteiger partial charge in [-0.3, -0.25) is 4.90 Å². The Kier molecular flexibility index (Phi) is 30.0. The number of methoxy groups -OCH3 is 2. The van der Waals surface area contributed by atoms with Crippen LogP contribution >= 0.6 is 0 Å². The zero-order valence-electron chi connectivity index (χ0n) is 52.0. The maximum Gasteiger partial charge on any atom is 0.413 e. The monoisotopic (exact) mass is 1380 g/mol. The number of likely N-dealkylation sites (N-methyl/N-ethyl adjacent to an activating group) is 1. The van der Waals surface area contributed by atoms with Crippen molar-refractivity contribution in [1.82, 2.24) is 31.5 Å². The molecular weight excluding hydrogens is 1300 g/mol. The van der Waals surface area contributed by atoms with Gasteiger partial charge < -0.3 is 64.5 Å². The van der Waals surface area contributed by atoms with E-state index in [0.717, 1.165) is 19.1 Å². The number of hydrogen-bond donors (Lipinski definition) is 5. The first-order chi connectivity index (χ1) is 44.1. The summed E-state index contributed by atoms with van der Waals surface area (Å²) < 4.78 is 167. The lowest BCUT2D eigenvalue weighted by Gasteiger charge is -2.28. The highest BCUT2D eigenvalue weighted by molar-refractivity contribution is 7.91. The predicted molar refractivity (Wildman–Crippen MR) is 319 cm³/mol. The van der Waals surface area contributed by atoms with Crippen molar-refractivity contribution in [3.63, 3.8) is 0 Å². The molecule has 94 heavy (non-hydrogen) atoms. The number of alkyl carbamates (subject to hydrolysis) is 1. The van der Waals surface area contributed by atoms with Gasteiger partial charge in [-0.25, -0.2) is 55.2 Å². The number of halogens is 6. The number of carbonyl (C=O) groups is 8. The number of carbonyl (C=O) groups excluding carboxylic acids is 8. The number of hydrogen-bond acceptors (Lipinski definition) is 20. The summed E-state index contributed by atoms with van der Waals surface area (Å²) in [7, 11) is -4.86. The van der Waals surface area contributed by atoms with Crippen LogP contribution in [0, 0.1) is 11.3 Å². The van der Waals surface area contributed by atoms with Gasteiger partial charge in [0.15, 0.2) is 0 Å². The molecule has 0 aliphatic carbocycles.